The zero-order valence-electron chi connectivity index (χ0n) is 37.8. The molecular weight excluding hydrogens is 845 g/mol. The van der Waals surface area contributed by atoms with Gasteiger partial charge in [-0.25, -0.2) is 13.6 Å². The number of para-hydroxylation sites is 1. The third-order valence-electron chi connectivity index (χ3n) is 13.5. The van der Waals surface area contributed by atoms with Gasteiger partial charge in [-0.1, -0.05) is 30.3 Å². The van der Waals surface area contributed by atoms with Crippen molar-refractivity contribution in [3.8, 4) is 0 Å². The van der Waals surface area contributed by atoms with Crippen LogP contribution < -0.4 is 31.9 Å². The van der Waals surface area contributed by atoms with Crippen LogP contribution in [-0.4, -0.2) is 101 Å². The Hall–Kier alpha value is -6.62. The van der Waals surface area contributed by atoms with Crippen molar-refractivity contribution in [2.45, 2.75) is 83.3 Å². The Labute approximate surface area is 382 Å². The molecule has 3 amide bonds. The highest BCUT2D eigenvalue weighted by molar-refractivity contribution is 6.11. The topological polar surface area (TPSA) is 184 Å². The first-order chi connectivity index (χ1) is 31.8. The minimum absolute atomic E-state index is 0.0680. The maximum atomic E-state index is 14.6. The summed E-state index contributed by atoms with van der Waals surface area (Å²) in [4.78, 5) is 56.4. The number of allylic oxidation sites excluding steroid dienone is 1. The molecular formula is C49H59F2N11O4. The fraction of sp³-hybridized carbons (Fsp3) is 0.429. The van der Waals surface area contributed by atoms with E-state index in [0.717, 1.165) is 79.6 Å². The van der Waals surface area contributed by atoms with Crippen LogP contribution in [0.3, 0.4) is 0 Å². The molecule has 2 fully saturated rings. The highest BCUT2D eigenvalue weighted by Gasteiger charge is 2.34. The van der Waals surface area contributed by atoms with Crippen LogP contribution in [0.25, 0.3) is 16.6 Å². The summed E-state index contributed by atoms with van der Waals surface area (Å²) in [5.74, 6) is -0.632. The minimum Gasteiger partial charge on any atom is -0.393 e. The summed E-state index contributed by atoms with van der Waals surface area (Å²) in [6.07, 6.45) is 5.02. The molecule has 6 N–H and O–H groups in total. The number of piperidine rings is 2. The van der Waals surface area contributed by atoms with Gasteiger partial charge in [0, 0.05) is 120 Å². The number of fused-ring (bicyclic) bond motifs is 2. The largest absolute Gasteiger partial charge is 0.393 e. The number of alkyl halides is 2. The second-order valence-corrected chi connectivity index (χ2v) is 17.7. The van der Waals surface area contributed by atoms with E-state index in [1.807, 2.05) is 23.1 Å². The molecule has 1 unspecified atom stereocenters. The summed E-state index contributed by atoms with van der Waals surface area (Å²) >= 11 is 0. The van der Waals surface area contributed by atoms with E-state index in [1.54, 1.807) is 35.8 Å². The van der Waals surface area contributed by atoms with Crippen LogP contribution in [0, 0.1) is 10.8 Å². The third-order valence-corrected chi connectivity index (χ3v) is 13.5. The first kappa shape index (κ1) is 45.9. The molecule has 1 atom stereocenters. The summed E-state index contributed by atoms with van der Waals surface area (Å²) in [6, 6.07) is 16.8. The van der Waals surface area contributed by atoms with Crippen LogP contribution in [0.15, 0.2) is 76.9 Å². The maximum Gasteiger partial charge on any atom is 0.329 e. The number of benzene rings is 3. The zero-order chi connectivity index (χ0) is 46.6. The number of hydrogen-bond donors (Lipinski definition) is 6. The number of carbonyl (C=O) groups is 3. The van der Waals surface area contributed by atoms with Crippen molar-refractivity contribution < 1.29 is 23.2 Å². The van der Waals surface area contributed by atoms with Crippen LogP contribution in [0.5, 0.6) is 0 Å². The van der Waals surface area contributed by atoms with Gasteiger partial charge >= 0.3 is 5.69 Å². The first-order valence-corrected chi connectivity index (χ1v) is 22.9. The van der Waals surface area contributed by atoms with Crippen molar-refractivity contribution in [2.24, 2.45) is 7.05 Å². The van der Waals surface area contributed by atoms with E-state index >= 15 is 0 Å². The number of imidazole rings is 1. The maximum absolute atomic E-state index is 14.6. The molecule has 5 heterocycles. The Balaban J connectivity index is 0.879. The molecule has 17 heteroatoms. The summed E-state index contributed by atoms with van der Waals surface area (Å²) in [5.41, 5.74) is 7.69. The van der Waals surface area contributed by atoms with E-state index in [9.17, 15) is 33.4 Å². The number of halogens is 2. The second-order valence-electron chi connectivity index (χ2n) is 17.7. The van der Waals surface area contributed by atoms with Crippen LogP contribution in [-0.2, 0) is 40.8 Å². The van der Waals surface area contributed by atoms with Crippen LogP contribution >= 0.6 is 0 Å². The molecule has 0 spiro atoms. The highest BCUT2D eigenvalue weighted by atomic mass is 19.3. The van der Waals surface area contributed by atoms with Crippen molar-refractivity contribution in [2.75, 3.05) is 56.5 Å². The number of amidine groups is 1. The summed E-state index contributed by atoms with van der Waals surface area (Å²) < 4.78 is 32.1. The average molecular weight is 904 g/mol. The number of carbonyl (C=O) groups excluding carboxylic acids is 3. The lowest BCUT2D eigenvalue weighted by Gasteiger charge is -2.39. The van der Waals surface area contributed by atoms with Gasteiger partial charge in [-0.05, 0) is 85.0 Å². The van der Waals surface area contributed by atoms with E-state index in [1.165, 1.54) is 23.1 Å². The van der Waals surface area contributed by atoms with Gasteiger partial charge < -0.3 is 36.1 Å². The SMILES string of the molecule is CN/C=C(\C=N)c1cc2c(cc1C(F)F)N(C(=N)C1=C(NC3CCN(CCc4ccc(CNc5cccc6c5n(C)c(=O)n6C5CCC(=O)NC5=O)cc4)CC3)CCN(C(C)=O)C1)CCC2. The lowest BCUT2D eigenvalue weighted by molar-refractivity contribution is -0.135. The molecule has 0 bridgehead atoms. The summed E-state index contributed by atoms with van der Waals surface area (Å²) in [5, 5.41) is 29.9. The number of nitrogens with one attached hydrogen (secondary N) is 6. The van der Waals surface area contributed by atoms with E-state index in [-0.39, 0.29) is 54.3 Å². The number of anilines is 2. The molecule has 2 saturated heterocycles. The first-order valence-electron chi connectivity index (χ1n) is 22.9. The molecule has 4 aliphatic heterocycles. The second kappa shape index (κ2) is 19.9. The van der Waals surface area contributed by atoms with Crippen molar-refractivity contribution in [1.29, 1.82) is 10.8 Å². The van der Waals surface area contributed by atoms with Crippen molar-refractivity contribution >= 4 is 57.8 Å². The Kier molecular flexibility index (Phi) is 13.8. The van der Waals surface area contributed by atoms with Crippen molar-refractivity contribution in [1.82, 2.24) is 34.9 Å². The molecule has 348 valence electrons. The summed E-state index contributed by atoms with van der Waals surface area (Å²) in [7, 11) is 3.36. The number of imide groups is 1. The third kappa shape index (κ3) is 9.52. The monoisotopic (exact) mass is 903 g/mol. The lowest BCUT2D eigenvalue weighted by atomic mass is 9.91. The molecule has 0 aliphatic carbocycles. The Morgan fingerprint density at radius 1 is 0.970 bits per heavy atom. The van der Waals surface area contributed by atoms with Gasteiger partial charge in [0.2, 0.25) is 17.7 Å². The van der Waals surface area contributed by atoms with Gasteiger partial charge in [0.05, 0.1) is 23.3 Å². The number of amides is 3. The Morgan fingerprint density at radius 3 is 2.42 bits per heavy atom. The van der Waals surface area contributed by atoms with Crippen molar-refractivity contribution in [3.05, 3.63) is 110 Å². The molecule has 1 aromatic heterocycles. The van der Waals surface area contributed by atoms with E-state index in [4.69, 9.17) is 5.41 Å². The molecule has 66 heavy (non-hydrogen) atoms. The predicted octanol–water partition coefficient (Wildman–Crippen LogP) is 5.61. The number of hydrogen-bond acceptors (Lipinski definition) is 10. The fourth-order valence-electron chi connectivity index (χ4n) is 9.90. The highest BCUT2D eigenvalue weighted by Crippen LogP contribution is 2.38. The number of nitrogens with zero attached hydrogens (tertiary/aromatic N) is 5. The van der Waals surface area contributed by atoms with Gasteiger partial charge in [-0.15, -0.1) is 0 Å². The smallest absolute Gasteiger partial charge is 0.329 e. The summed E-state index contributed by atoms with van der Waals surface area (Å²) in [6.45, 7) is 6.13. The van der Waals surface area contributed by atoms with Gasteiger partial charge in [0.25, 0.3) is 6.43 Å². The van der Waals surface area contributed by atoms with Gasteiger partial charge in [-0.3, -0.25) is 34.2 Å². The fourth-order valence-corrected chi connectivity index (χ4v) is 9.90. The minimum atomic E-state index is -2.77. The van der Waals surface area contributed by atoms with Gasteiger partial charge in [0.1, 0.15) is 11.9 Å². The van der Waals surface area contributed by atoms with Gasteiger partial charge in [-0.2, -0.15) is 0 Å². The molecule has 0 saturated carbocycles. The number of aryl methyl sites for hydroxylation is 2. The van der Waals surface area contributed by atoms with E-state index in [2.05, 4.69) is 50.4 Å². The number of rotatable bonds is 14. The Bertz CT molecular complexity index is 2660. The molecule has 15 nitrogen and oxygen atoms in total. The van der Waals surface area contributed by atoms with Crippen LogP contribution in [0.2, 0.25) is 0 Å². The van der Waals surface area contributed by atoms with Crippen LogP contribution in [0.1, 0.15) is 85.7 Å². The number of aromatic nitrogens is 2. The zero-order valence-corrected chi connectivity index (χ0v) is 37.8. The molecule has 0 radical (unpaired) electrons. The predicted molar refractivity (Wildman–Crippen MR) is 253 cm³/mol. The standard InChI is InChI=1S/C49H59F2N11O4/c1-30(63)60-23-18-39(38(29-60)47(53)61-19-5-6-33-24-36(34(26-52)28-54-2)37(46(50)51)25-43(33)61)56-35-16-21-59(22-17-35)20-15-31-9-11-32(12-10-31)27-55-40-7-4-8-41-45(40)58(3)49(66)62(41)42-13-14-44(64)57-48(42)65/h4,7-12,24-26,28,35,42,46,52-56H,5-6,13-23,27,29H2,1-3H3,(H,57,64,65)/b34-28+,52-26?,53-47?. The Morgan fingerprint density at radius 2 is 1.73 bits per heavy atom. The average Bonchev–Trinajstić information content (AvgIpc) is 3.57. The number of likely N-dealkylation sites (tertiary alicyclic amines) is 1. The quantitative estimate of drug-likeness (QED) is 0.0533. The molecule has 8 rings (SSSR count). The molecule has 3 aromatic carbocycles. The van der Waals surface area contributed by atoms with Crippen molar-refractivity contribution in [3.63, 3.8) is 0 Å². The normalized spacial score (nSPS) is 18.7. The van der Waals surface area contributed by atoms with E-state index < -0.39 is 18.4 Å². The van der Waals surface area contributed by atoms with Gasteiger partial charge in [0.15, 0.2) is 0 Å². The lowest BCUT2D eigenvalue weighted by Crippen LogP contribution is -2.48. The van der Waals surface area contributed by atoms with E-state index in [0.29, 0.717) is 60.3 Å². The molecule has 4 aromatic rings. The van der Waals surface area contributed by atoms with Crippen LogP contribution in [0.4, 0.5) is 20.2 Å². The molecule has 4 aliphatic rings.